The summed E-state index contributed by atoms with van der Waals surface area (Å²) in [7, 11) is 1.99. The zero-order chi connectivity index (χ0) is 15.0. The number of carboxylic acid groups (broad SMARTS) is 1. The molecule has 0 fully saturated rings. The standard InChI is InChI=1S/C15H14N2O3S/c1-16-8-9-17(11-5-3-2-4-10(11)16)14(18)12-6-7-13(21-12)15(19)20/h2-7H,8-9H2,1H3,(H,19,20). The van der Waals surface area contributed by atoms with Crippen LogP contribution in [0.3, 0.4) is 0 Å². The lowest BCUT2D eigenvalue weighted by molar-refractivity contribution is 0.0702. The van der Waals surface area contributed by atoms with Crippen LogP contribution in [0.5, 0.6) is 0 Å². The topological polar surface area (TPSA) is 60.9 Å². The van der Waals surface area contributed by atoms with E-state index in [9.17, 15) is 9.59 Å². The number of nitrogens with zero attached hydrogens (tertiary/aromatic N) is 2. The summed E-state index contributed by atoms with van der Waals surface area (Å²) < 4.78 is 0. The van der Waals surface area contributed by atoms with E-state index in [2.05, 4.69) is 4.90 Å². The summed E-state index contributed by atoms with van der Waals surface area (Å²) >= 11 is 1.01. The van der Waals surface area contributed by atoms with Gasteiger partial charge in [-0.05, 0) is 24.3 Å². The zero-order valence-corrected chi connectivity index (χ0v) is 12.3. The highest BCUT2D eigenvalue weighted by Gasteiger charge is 2.26. The zero-order valence-electron chi connectivity index (χ0n) is 11.4. The molecular weight excluding hydrogens is 288 g/mol. The molecule has 0 bridgehead atoms. The number of carbonyl (C=O) groups is 2. The van der Waals surface area contributed by atoms with Gasteiger partial charge in [-0.3, -0.25) is 4.79 Å². The number of thiophene rings is 1. The van der Waals surface area contributed by atoms with Crippen molar-refractivity contribution >= 4 is 34.6 Å². The normalized spacial score (nSPS) is 14.0. The average Bonchev–Trinajstić information content (AvgIpc) is 2.97. The third-order valence-electron chi connectivity index (χ3n) is 3.52. The van der Waals surface area contributed by atoms with Crippen molar-refractivity contribution in [2.75, 3.05) is 29.9 Å². The van der Waals surface area contributed by atoms with Crippen LogP contribution in [0.4, 0.5) is 11.4 Å². The van der Waals surface area contributed by atoms with Crippen LogP contribution in [0.2, 0.25) is 0 Å². The number of benzene rings is 1. The molecule has 0 spiro atoms. The molecule has 1 aliphatic rings. The minimum absolute atomic E-state index is 0.145. The van der Waals surface area contributed by atoms with Crippen LogP contribution in [0.15, 0.2) is 36.4 Å². The molecule has 1 aromatic carbocycles. The fourth-order valence-corrected chi connectivity index (χ4v) is 3.21. The van der Waals surface area contributed by atoms with E-state index in [1.54, 1.807) is 11.0 Å². The van der Waals surface area contributed by atoms with Crippen LogP contribution >= 0.6 is 11.3 Å². The van der Waals surface area contributed by atoms with Gasteiger partial charge in [-0.15, -0.1) is 11.3 Å². The first-order valence-corrected chi connectivity index (χ1v) is 7.35. The SMILES string of the molecule is CN1CCN(C(=O)c2ccc(C(=O)O)s2)c2ccccc21. The van der Waals surface area contributed by atoms with Crippen molar-refractivity contribution in [1.29, 1.82) is 0 Å². The smallest absolute Gasteiger partial charge is 0.345 e. The Kier molecular flexibility index (Phi) is 3.39. The molecule has 0 atom stereocenters. The minimum atomic E-state index is -1.00. The number of carboxylic acids is 1. The summed E-state index contributed by atoms with van der Waals surface area (Å²) in [4.78, 5) is 28.0. The molecule has 2 aromatic rings. The Hall–Kier alpha value is -2.34. The van der Waals surface area contributed by atoms with Crippen molar-refractivity contribution in [3.63, 3.8) is 0 Å². The lowest BCUT2D eigenvalue weighted by atomic mass is 10.1. The van der Waals surface area contributed by atoms with E-state index in [0.29, 0.717) is 11.4 Å². The van der Waals surface area contributed by atoms with Crippen molar-refractivity contribution in [2.45, 2.75) is 0 Å². The Balaban J connectivity index is 1.95. The Bertz CT molecular complexity index is 710. The van der Waals surface area contributed by atoms with E-state index < -0.39 is 5.97 Å². The van der Waals surface area contributed by atoms with Crippen LogP contribution in [0.25, 0.3) is 0 Å². The molecule has 1 N–H and O–H groups in total. The van der Waals surface area contributed by atoms with Gasteiger partial charge in [-0.25, -0.2) is 4.79 Å². The molecule has 1 aromatic heterocycles. The molecule has 5 nitrogen and oxygen atoms in total. The van der Waals surface area contributed by atoms with Crippen molar-refractivity contribution in [1.82, 2.24) is 0 Å². The first-order valence-electron chi connectivity index (χ1n) is 6.53. The highest BCUT2D eigenvalue weighted by molar-refractivity contribution is 7.16. The molecule has 2 heterocycles. The number of likely N-dealkylation sites (N-methyl/N-ethyl adjacent to an activating group) is 1. The van der Waals surface area contributed by atoms with Crippen LogP contribution in [0.1, 0.15) is 19.3 Å². The number of hydrogen-bond donors (Lipinski definition) is 1. The third kappa shape index (κ3) is 2.38. The van der Waals surface area contributed by atoms with Crippen LogP contribution in [-0.2, 0) is 0 Å². The predicted octanol–water partition coefficient (Wildman–Crippen LogP) is 2.54. The molecule has 0 radical (unpaired) electrons. The van der Waals surface area contributed by atoms with E-state index in [1.807, 2.05) is 31.3 Å². The second kappa shape index (κ2) is 5.21. The average molecular weight is 302 g/mol. The summed E-state index contributed by atoms with van der Waals surface area (Å²) in [6.07, 6.45) is 0. The van der Waals surface area contributed by atoms with Gasteiger partial charge >= 0.3 is 5.97 Å². The number of hydrogen-bond acceptors (Lipinski definition) is 4. The van der Waals surface area contributed by atoms with Gasteiger partial charge in [-0.2, -0.15) is 0 Å². The number of fused-ring (bicyclic) bond motifs is 1. The summed E-state index contributed by atoms with van der Waals surface area (Å²) in [5.41, 5.74) is 1.87. The maximum absolute atomic E-state index is 12.6. The highest BCUT2D eigenvalue weighted by atomic mass is 32.1. The molecule has 0 saturated carbocycles. The van der Waals surface area contributed by atoms with E-state index in [-0.39, 0.29) is 10.8 Å². The van der Waals surface area contributed by atoms with Gasteiger partial charge in [0.2, 0.25) is 0 Å². The Labute approximate surface area is 126 Å². The fraction of sp³-hybridized carbons (Fsp3) is 0.200. The van der Waals surface area contributed by atoms with E-state index in [0.717, 1.165) is 29.3 Å². The lowest BCUT2D eigenvalue weighted by Crippen LogP contribution is -2.42. The summed E-state index contributed by atoms with van der Waals surface area (Å²) in [5, 5.41) is 8.96. The predicted molar refractivity (Wildman–Crippen MR) is 82.7 cm³/mol. The molecule has 6 heteroatoms. The summed E-state index contributed by atoms with van der Waals surface area (Å²) in [6.45, 7) is 1.34. The lowest BCUT2D eigenvalue weighted by Gasteiger charge is -2.35. The van der Waals surface area contributed by atoms with Crippen molar-refractivity contribution in [2.24, 2.45) is 0 Å². The van der Waals surface area contributed by atoms with E-state index in [1.165, 1.54) is 6.07 Å². The van der Waals surface area contributed by atoms with Crippen molar-refractivity contribution in [3.05, 3.63) is 46.2 Å². The van der Waals surface area contributed by atoms with E-state index in [4.69, 9.17) is 5.11 Å². The van der Waals surface area contributed by atoms with Crippen molar-refractivity contribution < 1.29 is 14.7 Å². The highest BCUT2D eigenvalue weighted by Crippen LogP contribution is 2.33. The van der Waals surface area contributed by atoms with Gasteiger partial charge in [-0.1, -0.05) is 12.1 Å². The van der Waals surface area contributed by atoms with Gasteiger partial charge in [0.25, 0.3) is 5.91 Å². The van der Waals surface area contributed by atoms with E-state index >= 15 is 0 Å². The fourth-order valence-electron chi connectivity index (χ4n) is 2.42. The molecule has 21 heavy (non-hydrogen) atoms. The van der Waals surface area contributed by atoms with Crippen LogP contribution < -0.4 is 9.80 Å². The number of rotatable bonds is 2. The second-order valence-corrected chi connectivity index (χ2v) is 5.92. The molecule has 1 aliphatic heterocycles. The van der Waals surface area contributed by atoms with Crippen LogP contribution in [0, 0.1) is 0 Å². The van der Waals surface area contributed by atoms with Gasteiger partial charge in [0.05, 0.1) is 16.3 Å². The molecule has 1 amide bonds. The second-order valence-electron chi connectivity index (χ2n) is 4.84. The largest absolute Gasteiger partial charge is 0.477 e. The van der Waals surface area contributed by atoms with Gasteiger partial charge in [0, 0.05) is 20.1 Å². The number of para-hydroxylation sites is 2. The molecule has 0 saturated heterocycles. The summed E-state index contributed by atoms with van der Waals surface area (Å²) in [6, 6.07) is 10.8. The Morgan fingerprint density at radius 2 is 1.71 bits per heavy atom. The number of anilines is 2. The first kappa shape index (κ1) is 13.6. The van der Waals surface area contributed by atoms with Gasteiger partial charge in [0.15, 0.2) is 0 Å². The van der Waals surface area contributed by atoms with Gasteiger partial charge in [0.1, 0.15) is 4.88 Å². The third-order valence-corrected chi connectivity index (χ3v) is 4.58. The molecule has 108 valence electrons. The first-order chi connectivity index (χ1) is 10.1. The van der Waals surface area contributed by atoms with Crippen LogP contribution in [-0.4, -0.2) is 37.1 Å². The number of amides is 1. The number of carbonyl (C=O) groups excluding carboxylic acids is 1. The monoisotopic (exact) mass is 302 g/mol. The van der Waals surface area contributed by atoms with Crippen molar-refractivity contribution in [3.8, 4) is 0 Å². The Morgan fingerprint density at radius 1 is 1.05 bits per heavy atom. The molecular formula is C15H14N2O3S. The minimum Gasteiger partial charge on any atom is -0.477 e. The quantitative estimate of drug-likeness (QED) is 0.926. The molecule has 3 rings (SSSR count). The maximum atomic E-state index is 12.6. The maximum Gasteiger partial charge on any atom is 0.345 e. The number of aromatic carboxylic acids is 1. The molecule has 0 unspecified atom stereocenters. The van der Waals surface area contributed by atoms with Gasteiger partial charge < -0.3 is 14.9 Å². The molecule has 0 aliphatic carbocycles. The summed E-state index contributed by atoms with van der Waals surface area (Å²) in [5.74, 6) is -1.15. The Morgan fingerprint density at radius 3 is 2.38 bits per heavy atom.